The van der Waals surface area contributed by atoms with E-state index in [1.807, 2.05) is 48.5 Å². The summed E-state index contributed by atoms with van der Waals surface area (Å²) in [6, 6.07) is 15.4. The lowest BCUT2D eigenvalue weighted by atomic mass is 10.3. The van der Waals surface area contributed by atoms with E-state index in [2.05, 4.69) is 36.2 Å². The molecule has 6 heteroatoms. The van der Waals surface area contributed by atoms with E-state index in [1.54, 1.807) is 12.4 Å². The standard InChI is InChI=1S/C17H11BrN4O/c18-12-4-3-5-13(8-12)21-17-19-9-11(10-20-17)16-22-14-6-1-2-7-15(14)23-16/h1-10H,(H,19,20,21). The van der Waals surface area contributed by atoms with Gasteiger partial charge in [-0.1, -0.05) is 34.1 Å². The molecule has 0 aliphatic heterocycles. The van der Waals surface area contributed by atoms with E-state index >= 15 is 0 Å². The molecule has 2 aromatic heterocycles. The van der Waals surface area contributed by atoms with Gasteiger partial charge in [0.1, 0.15) is 5.52 Å². The van der Waals surface area contributed by atoms with Crippen LogP contribution in [0.2, 0.25) is 0 Å². The number of nitrogens with one attached hydrogen (secondary N) is 1. The van der Waals surface area contributed by atoms with E-state index in [1.165, 1.54) is 0 Å². The molecule has 23 heavy (non-hydrogen) atoms. The molecule has 112 valence electrons. The van der Waals surface area contributed by atoms with E-state index < -0.39 is 0 Å². The summed E-state index contributed by atoms with van der Waals surface area (Å²) in [5.41, 5.74) is 3.22. The number of fused-ring (bicyclic) bond motifs is 1. The maximum Gasteiger partial charge on any atom is 0.230 e. The molecule has 1 N–H and O–H groups in total. The van der Waals surface area contributed by atoms with Crippen LogP contribution in [0.3, 0.4) is 0 Å². The van der Waals surface area contributed by atoms with Crippen LogP contribution in [0.15, 0.2) is 69.8 Å². The number of oxazole rings is 1. The predicted molar refractivity (Wildman–Crippen MR) is 92.5 cm³/mol. The first kappa shape index (κ1) is 13.9. The number of benzene rings is 2. The fraction of sp³-hybridized carbons (Fsp3) is 0. The number of anilines is 2. The van der Waals surface area contributed by atoms with Crippen molar-refractivity contribution in [3.8, 4) is 11.5 Å². The Morgan fingerprint density at radius 1 is 0.957 bits per heavy atom. The Morgan fingerprint density at radius 3 is 2.57 bits per heavy atom. The van der Waals surface area contributed by atoms with Crippen molar-refractivity contribution in [3.63, 3.8) is 0 Å². The Labute approximate surface area is 140 Å². The van der Waals surface area contributed by atoms with Gasteiger partial charge in [0, 0.05) is 22.6 Å². The van der Waals surface area contributed by atoms with Gasteiger partial charge in [-0.2, -0.15) is 0 Å². The molecular formula is C17H11BrN4O. The van der Waals surface area contributed by atoms with Gasteiger partial charge in [-0.25, -0.2) is 15.0 Å². The van der Waals surface area contributed by atoms with Gasteiger partial charge in [0.05, 0.1) is 5.56 Å². The molecule has 0 unspecified atom stereocenters. The van der Waals surface area contributed by atoms with Gasteiger partial charge in [0.25, 0.3) is 0 Å². The highest BCUT2D eigenvalue weighted by molar-refractivity contribution is 9.10. The Morgan fingerprint density at radius 2 is 1.78 bits per heavy atom. The third-order valence-electron chi connectivity index (χ3n) is 3.27. The van der Waals surface area contributed by atoms with E-state index in [4.69, 9.17) is 4.42 Å². The van der Waals surface area contributed by atoms with Crippen molar-refractivity contribution >= 4 is 38.7 Å². The molecule has 4 rings (SSSR count). The number of halogens is 1. The molecule has 5 nitrogen and oxygen atoms in total. The normalized spacial score (nSPS) is 10.8. The third kappa shape index (κ3) is 2.93. The Hall–Kier alpha value is -2.73. The monoisotopic (exact) mass is 366 g/mol. The van der Waals surface area contributed by atoms with Gasteiger partial charge < -0.3 is 9.73 Å². The predicted octanol–water partition coefficient (Wildman–Crippen LogP) is 4.79. The zero-order valence-electron chi connectivity index (χ0n) is 11.9. The van der Waals surface area contributed by atoms with E-state index in [0.717, 1.165) is 26.8 Å². The molecule has 2 heterocycles. The van der Waals surface area contributed by atoms with Crippen molar-refractivity contribution in [2.45, 2.75) is 0 Å². The fourth-order valence-corrected chi connectivity index (χ4v) is 2.59. The number of hydrogen-bond donors (Lipinski definition) is 1. The number of hydrogen-bond acceptors (Lipinski definition) is 5. The Kier molecular flexibility index (Phi) is 3.51. The summed E-state index contributed by atoms with van der Waals surface area (Å²) in [6.07, 6.45) is 3.38. The van der Waals surface area contributed by atoms with E-state index in [-0.39, 0.29) is 0 Å². The van der Waals surface area contributed by atoms with Crippen molar-refractivity contribution in [2.24, 2.45) is 0 Å². The van der Waals surface area contributed by atoms with Crippen LogP contribution in [-0.4, -0.2) is 15.0 Å². The first-order valence-electron chi connectivity index (χ1n) is 6.98. The molecule has 0 aliphatic rings. The van der Waals surface area contributed by atoms with Crippen LogP contribution in [0.25, 0.3) is 22.6 Å². The van der Waals surface area contributed by atoms with E-state index in [0.29, 0.717) is 11.8 Å². The Balaban J connectivity index is 1.60. The van der Waals surface area contributed by atoms with Gasteiger partial charge in [-0.05, 0) is 30.3 Å². The molecule has 0 radical (unpaired) electrons. The number of rotatable bonds is 3. The highest BCUT2D eigenvalue weighted by atomic mass is 79.9. The Bertz CT molecular complexity index is 933. The van der Waals surface area contributed by atoms with Gasteiger partial charge >= 0.3 is 0 Å². The molecular weight excluding hydrogens is 356 g/mol. The maximum atomic E-state index is 5.71. The minimum atomic E-state index is 0.514. The van der Waals surface area contributed by atoms with Gasteiger partial charge in [0.15, 0.2) is 5.58 Å². The van der Waals surface area contributed by atoms with Crippen molar-refractivity contribution < 1.29 is 4.42 Å². The zero-order chi connectivity index (χ0) is 15.6. The number of nitrogens with zero attached hydrogens (tertiary/aromatic N) is 3. The largest absolute Gasteiger partial charge is 0.436 e. The van der Waals surface area contributed by atoms with Crippen LogP contribution in [-0.2, 0) is 0 Å². The van der Waals surface area contributed by atoms with Crippen molar-refractivity contribution in [1.82, 2.24) is 15.0 Å². The average Bonchev–Trinajstić information content (AvgIpc) is 2.99. The van der Waals surface area contributed by atoms with Crippen LogP contribution >= 0.6 is 15.9 Å². The van der Waals surface area contributed by atoms with Crippen LogP contribution in [0.4, 0.5) is 11.6 Å². The molecule has 0 saturated heterocycles. The van der Waals surface area contributed by atoms with Crippen LogP contribution < -0.4 is 5.32 Å². The molecule has 0 aliphatic carbocycles. The van der Waals surface area contributed by atoms with E-state index in [9.17, 15) is 0 Å². The molecule has 0 saturated carbocycles. The van der Waals surface area contributed by atoms with Gasteiger partial charge in [-0.15, -0.1) is 0 Å². The topological polar surface area (TPSA) is 63.8 Å². The van der Waals surface area contributed by atoms with Gasteiger partial charge in [-0.3, -0.25) is 0 Å². The summed E-state index contributed by atoms with van der Waals surface area (Å²) < 4.78 is 6.70. The minimum Gasteiger partial charge on any atom is -0.436 e. The molecule has 0 bridgehead atoms. The molecule has 4 aromatic rings. The summed E-state index contributed by atoms with van der Waals surface area (Å²) in [4.78, 5) is 13.1. The van der Waals surface area contributed by atoms with Crippen LogP contribution in [0.5, 0.6) is 0 Å². The lowest BCUT2D eigenvalue weighted by molar-refractivity contribution is 0.619. The smallest absolute Gasteiger partial charge is 0.230 e. The average molecular weight is 367 g/mol. The second kappa shape index (κ2) is 5.81. The third-order valence-corrected chi connectivity index (χ3v) is 3.77. The molecule has 0 amide bonds. The van der Waals surface area contributed by atoms with Crippen molar-refractivity contribution in [2.75, 3.05) is 5.32 Å². The highest BCUT2D eigenvalue weighted by Gasteiger charge is 2.09. The SMILES string of the molecule is Brc1cccc(Nc2ncc(-c3nc4ccccc4o3)cn2)c1. The van der Waals surface area contributed by atoms with Crippen LogP contribution in [0, 0.1) is 0 Å². The maximum absolute atomic E-state index is 5.71. The second-order valence-corrected chi connectivity index (χ2v) is 5.83. The van der Waals surface area contributed by atoms with Crippen molar-refractivity contribution in [3.05, 3.63) is 65.4 Å². The second-order valence-electron chi connectivity index (χ2n) is 4.92. The summed E-state index contributed by atoms with van der Waals surface area (Å²) in [5, 5.41) is 3.15. The fourth-order valence-electron chi connectivity index (χ4n) is 2.19. The summed E-state index contributed by atoms with van der Waals surface area (Å²) >= 11 is 3.43. The molecule has 2 aromatic carbocycles. The van der Waals surface area contributed by atoms with Crippen molar-refractivity contribution in [1.29, 1.82) is 0 Å². The van der Waals surface area contributed by atoms with Gasteiger partial charge in [0.2, 0.25) is 11.8 Å². The zero-order valence-corrected chi connectivity index (χ0v) is 13.5. The quantitative estimate of drug-likeness (QED) is 0.564. The summed E-state index contributed by atoms with van der Waals surface area (Å²) in [5.74, 6) is 1.03. The summed E-state index contributed by atoms with van der Waals surface area (Å²) in [7, 11) is 0. The first-order chi connectivity index (χ1) is 11.3. The minimum absolute atomic E-state index is 0.514. The molecule has 0 atom stereocenters. The number of para-hydroxylation sites is 2. The molecule has 0 spiro atoms. The first-order valence-corrected chi connectivity index (χ1v) is 7.78. The summed E-state index contributed by atoms with van der Waals surface area (Å²) in [6.45, 7) is 0. The number of aromatic nitrogens is 3. The molecule has 0 fully saturated rings. The lowest BCUT2D eigenvalue weighted by Crippen LogP contribution is -1.96. The van der Waals surface area contributed by atoms with Crippen LogP contribution in [0.1, 0.15) is 0 Å². The highest BCUT2D eigenvalue weighted by Crippen LogP contribution is 2.24. The lowest BCUT2D eigenvalue weighted by Gasteiger charge is -2.04.